The average Bonchev–Trinajstić information content (AvgIpc) is 2.88. The molecule has 38 heavy (non-hydrogen) atoms. The fourth-order valence-electron chi connectivity index (χ4n) is 5.50. The van der Waals surface area contributed by atoms with E-state index in [0.717, 1.165) is 25.3 Å². The number of carbonyl (C=O) groups excluding carboxylic acids is 1. The quantitative estimate of drug-likeness (QED) is 0.437. The van der Waals surface area contributed by atoms with E-state index in [9.17, 15) is 23.1 Å². The molecule has 2 aliphatic rings. The largest absolute Gasteiger partial charge is 0.493 e. The normalized spacial score (nSPS) is 21.6. The molecule has 0 saturated carbocycles. The number of nitrogens with zero attached hydrogens (tertiary/aromatic N) is 3. The molecule has 2 saturated heterocycles. The van der Waals surface area contributed by atoms with Gasteiger partial charge in [0.05, 0.1) is 24.3 Å². The predicted molar refractivity (Wildman–Crippen MR) is 140 cm³/mol. The van der Waals surface area contributed by atoms with Gasteiger partial charge in [-0.2, -0.15) is 13.2 Å². The van der Waals surface area contributed by atoms with E-state index in [4.69, 9.17) is 11.3 Å². The summed E-state index contributed by atoms with van der Waals surface area (Å²) in [6.07, 6.45) is -0.265. The van der Waals surface area contributed by atoms with Crippen LogP contribution in [0.1, 0.15) is 68.3 Å². The molecule has 2 aromatic rings. The highest BCUT2D eigenvalue weighted by Gasteiger charge is 2.36. The van der Waals surface area contributed by atoms with Crippen LogP contribution in [0.5, 0.6) is 5.75 Å². The first-order chi connectivity index (χ1) is 18.0. The smallest absolute Gasteiger partial charge is 0.407 e. The fraction of sp³-hybridized carbons (Fsp3) is 0.517. The van der Waals surface area contributed by atoms with Gasteiger partial charge in [-0.3, -0.25) is 4.79 Å². The summed E-state index contributed by atoms with van der Waals surface area (Å²) in [6, 6.07) is 11.3. The Labute approximate surface area is 221 Å². The second-order valence-electron chi connectivity index (χ2n) is 10.5. The summed E-state index contributed by atoms with van der Waals surface area (Å²) in [7, 11) is 0. The molecule has 2 atom stereocenters. The van der Waals surface area contributed by atoms with Crippen molar-refractivity contribution in [3.8, 4) is 5.75 Å². The minimum atomic E-state index is -4.60. The van der Waals surface area contributed by atoms with Gasteiger partial charge in [0.2, 0.25) is 0 Å². The van der Waals surface area contributed by atoms with E-state index >= 15 is 0 Å². The number of amides is 1. The number of alkyl halides is 3. The monoisotopic (exact) mass is 529 g/mol. The number of hydrogen-bond donors (Lipinski definition) is 1. The summed E-state index contributed by atoms with van der Waals surface area (Å²) < 4.78 is 45.8. The van der Waals surface area contributed by atoms with Crippen molar-refractivity contribution in [3.05, 3.63) is 65.0 Å². The highest BCUT2D eigenvalue weighted by atomic mass is 19.4. The molecule has 9 heteroatoms. The number of ether oxygens (including phenoxy) is 1. The molecule has 204 valence electrons. The molecular weight excluding hydrogens is 495 g/mol. The van der Waals surface area contributed by atoms with E-state index in [1.807, 2.05) is 4.90 Å². The molecular formula is C29H34F3N3O3. The van der Waals surface area contributed by atoms with Crippen molar-refractivity contribution in [2.75, 3.05) is 24.6 Å². The standard InChI is InChI=1S/C29H34F3N3O3/c1-20-5-4-6-21(2)35(20)27(36)22-7-10-24(11-8-22)38-18-15-28(37)13-16-34(17-14-28)23-9-12-26(33-3)25(19-23)29(30,31)32/h7-12,19-21,37H,4-6,13-18H2,1-2H3/t20-,21+. The third kappa shape index (κ3) is 6.24. The van der Waals surface area contributed by atoms with Crippen LogP contribution in [0.15, 0.2) is 42.5 Å². The van der Waals surface area contributed by atoms with Gasteiger partial charge >= 0.3 is 6.18 Å². The Morgan fingerprint density at radius 3 is 2.32 bits per heavy atom. The molecule has 2 fully saturated rings. The van der Waals surface area contributed by atoms with Gasteiger partial charge in [0, 0.05) is 42.8 Å². The molecule has 0 aliphatic carbocycles. The molecule has 0 spiro atoms. The molecule has 1 N–H and O–H groups in total. The van der Waals surface area contributed by atoms with E-state index in [0.29, 0.717) is 49.4 Å². The zero-order chi connectivity index (χ0) is 27.5. The number of halogens is 3. The predicted octanol–water partition coefficient (Wildman–Crippen LogP) is 6.46. The maximum Gasteiger partial charge on any atom is 0.407 e. The Kier molecular flexibility index (Phi) is 8.22. The van der Waals surface area contributed by atoms with Crippen LogP contribution in [0, 0.1) is 6.57 Å². The first kappa shape index (κ1) is 27.8. The number of hydrogen-bond acceptors (Lipinski definition) is 4. The van der Waals surface area contributed by atoms with Gasteiger partial charge < -0.3 is 19.6 Å². The van der Waals surface area contributed by atoms with Crippen LogP contribution in [-0.2, 0) is 6.18 Å². The van der Waals surface area contributed by atoms with E-state index in [-0.39, 0.29) is 24.6 Å². The SMILES string of the molecule is [C-]#[N+]c1ccc(N2CCC(O)(CCOc3ccc(C(=O)N4[C@H](C)CCC[C@@H]4C)cc3)CC2)cc1C(F)(F)F. The van der Waals surface area contributed by atoms with Crippen molar-refractivity contribution < 1.29 is 27.8 Å². The van der Waals surface area contributed by atoms with Gasteiger partial charge in [-0.1, -0.05) is 6.07 Å². The van der Waals surface area contributed by atoms with Gasteiger partial charge in [-0.05, 0) is 82.3 Å². The summed E-state index contributed by atoms with van der Waals surface area (Å²) >= 11 is 0. The molecule has 1 amide bonds. The summed E-state index contributed by atoms with van der Waals surface area (Å²) in [5.41, 5.74) is -1.31. The van der Waals surface area contributed by atoms with Crippen LogP contribution < -0.4 is 9.64 Å². The van der Waals surface area contributed by atoms with Crippen LogP contribution >= 0.6 is 0 Å². The summed E-state index contributed by atoms with van der Waals surface area (Å²) in [5, 5.41) is 11.0. The lowest BCUT2D eigenvalue weighted by Crippen LogP contribution is -2.47. The van der Waals surface area contributed by atoms with Crippen LogP contribution in [0.4, 0.5) is 24.5 Å². The van der Waals surface area contributed by atoms with Crippen molar-refractivity contribution in [3.63, 3.8) is 0 Å². The molecule has 6 nitrogen and oxygen atoms in total. The zero-order valence-electron chi connectivity index (χ0n) is 21.8. The van der Waals surface area contributed by atoms with Crippen molar-refractivity contribution in [1.29, 1.82) is 0 Å². The zero-order valence-corrected chi connectivity index (χ0v) is 21.8. The average molecular weight is 530 g/mol. The summed E-state index contributed by atoms with van der Waals surface area (Å²) in [5.74, 6) is 0.644. The first-order valence-electron chi connectivity index (χ1n) is 13.1. The number of anilines is 1. The molecule has 2 heterocycles. The molecule has 0 aromatic heterocycles. The molecule has 4 rings (SSSR count). The third-order valence-corrected chi connectivity index (χ3v) is 7.83. The molecule has 0 radical (unpaired) electrons. The highest BCUT2D eigenvalue weighted by molar-refractivity contribution is 5.94. The number of aliphatic hydroxyl groups is 1. The molecule has 0 bridgehead atoms. The van der Waals surface area contributed by atoms with Gasteiger partial charge in [-0.15, -0.1) is 0 Å². The topological polar surface area (TPSA) is 57.4 Å². The van der Waals surface area contributed by atoms with Crippen molar-refractivity contribution in [2.45, 2.75) is 76.2 Å². The maximum absolute atomic E-state index is 13.3. The Hall–Kier alpha value is -3.25. The molecule has 0 unspecified atom stereocenters. The number of rotatable bonds is 6. The van der Waals surface area contributed by atoms with E-state index in [1.165, 1.54) is 12.1 Å². The van der Waals surface area contributed by atoms with Crippen LogP contribution in [0.25, 0.3) is 4.85 Å². The van der Waals surface area contributed by atoms with Crippen LogP contribution in [0.2, 0.25) is 0 Å². The number of benzene rings is 2. The van der Waals surface area contributed by atoms with E-state index < -0.39 is 23.0 Å². The minimum absolute atomic E-state index is 0.0309. The Morgan fingerprint density at radius 2 is 1.74 bits per heavy atom. The second kappa shape index (κ2) is 11.2. The lowest BCUT2D eigenvalue weighted by Gasteiger charge is -2.39. The summed E-state index contributed by atoms with van der Waals surface area (Å²) in [4.78, 5) is 19.8. The van der Waals surface area contributed by atoms with Gasteiger partial charge in [0.15, 0.2) is 5.69 Å². The number of piperidine rings is 2. The first-order valence-corrected chi connectivity index (χ1v) is 13.1. The van der Waals surface area contributed by atoms with E-state index in [1.54, 1.807) is 29.2 Å². The fourth-order valence-corrected chi connectivity index (χ4v) is 5.50. The maximum atomic E-state index is 13.3. The lowest BCUT2D eigenvalue weighted by molar-refractivity contribution is -0.136. The van der Waals surface area contributed by atoms with E-state index in [2.05, 4.69) is 18.7 Å². The third-order valence-electron chi connectivity index (χ3n) is 7.83. The van der Waals surface area contributed by atoms with Crippen molar-refractivity contribution in [1.82, 2.24) is 4.90 Å². The highest BCUT2D eigenvalue weighted by Crippen LogP contribution is 2.39. The minimum Gasteiger partial charge on any atom is -0.493 e. The Morgan fingerprint density at radius 1 is 1.11 bits per heavy atom. The second-order valence-corrected chi connectivity index (χ2v) is 10.5. The number of carbonyl (C=O) groups is 1. The van der Waals surface area contributed by atoms with Crippen molar-refractivity contribution in [2.24, 2.45) is 0 Å². The number of likely N-dealkylation sites (tertiary alicyclic amines) is 1. The van der Waals surface area contributed by atoms with Gasteiger partial charge in [0.25, 0.3) is 5.91 Å². The van der Waals surface area contributed by atoms with Gasteiger partial charge in [-0.25, -0.2) is 4.85 Å². The Balaban J connectivity index is 1.28. The van der Waals surface area contributed by atoms with Crippen molar-refractivity contribution >= 4 is 17.3 Å². The van der Waals surface area contributed by atoms with Gasteiger partial charge in [0.1, 0.15) is 5.75 Å². The molecule has 2 aromatic carbocycles. The van der Waals surface area contributed by atoms with Crippen LogP contribution in [0.3, 0.4) is 0 Å². The molecule has 2 aliphatic heterocycles. The summed E-state index contributed by atoms with van der Waals surface area (Å²) in [6.45, 7) is 12.2. The lowest BCUT2D eigenvalue weighted by atomic mass is 9.88. The Bertz CT molecular complexity index is 1160. The van der Waals surface area contributed by atoms with Crippen LogP contribution in [-0.4, -0.2) is 53.3 Å².